The molecule has 2 amide bonds. The minimum absolute atomic E-state index is 0.298. The molecule has 9 nitrogen and oxygen atoms in total. The number of hydrogen-bond acceptors (Lipinski definition) is 6. The predicted molar refractivity (Wildman–Crippen MR) is 90.5 cm³/mol. The Morgan fingerprint density at radius 2 is 2.08 bits per heavy atom. The zero-order valence-corrected chi connectivity index (χ0v) is 13.9. The Morgan fingerprint density at radius 1 is 1.28 bits per heavy atom. The van der Waals surface area contributed by atoms with Crippen LogP contribution in [0.15, 0.2) is 41.2 Å². The van der Waals surface area contributed by atoms with Crippen LogP contribution in [-0.2, 0) is 0 Å². The number of H-pyrrole nitrogens is 1. The molecule has 3 rings (SSSR count). The number of carbonyl (C=O) groups is 1. The van der Waals surface area contributed by atoms with Crippen LogP contribution in [0.1, 0.15) is 32.2 Å². The van der Waals surface area contributed by atoms with Crippen molar-refractivity contribution >= 4 is 11.7 Å². The molecule has 0 saturated carbocycles. The van der Waals surface area contributed by atoms with Crippen molar-refractivity contribution in [2.24, 2.45) is 5.92 Å². The summed E-state index contributed by atoms with van der Waals surface area (Å²) >= 11 is 0. The summed E-state index contributed by atoms with van der Waals surface area (Å²) < 4.78 is 5.31. The normalized spacial score (nSPS) is 12.1. The zero-order valence-electron chi connectivity index (χ0n) is 13.9. The fraction of sp³-hybridized carbons (Fsp3) is 0.312. The van der Waals surface area contributed by atoms with E-state index in [1.54, 1.807) is 0 Å². The Labute approximate surface area is 144 Å². The average molecular weight is 341 g/mol. The number of carbonyl (C=O) groups excluding carboxylic acids is 1. The summed E-state index contributed by atoms with van der Waals surface area (Å²) in [5, 5.41) is 16.0. The van der Waals surface area contributed by atoms with Crippen molar-refractivity contribution < 1.29 is 9.32 Å². The molecule has 2 aromatic heterocycles. The molecule has 9 heteroatoms. The van der Waals surface area contributed by atoms with Crippen molar-refractivity contribution in [3.8, 4) is 11.6 Å². The van der Waals surface area contributed by atoms with Crippen molar-refractivity contribution in [3.63, 3.8) is 0 Å². The van der Waals surface area contributed by atoms with Gasteiger partial charge in [-0.3, -0.25) is 5.10 Å². The predicted octanol–water partition coefficient (Wildman–Crippen LogP) is 2.76. The fourth-order valence-electron chi connectivity index (χ4n) is 2.33. The highest BCUT2D eigenvalue weighted by Gasteiger charge is 2.23. The molecule has 2 heterocycles. The van der Waals surface area contributed by atoms with Gasteiger partial charge in [0.25, 0.3) is 0 Å². The van der Waals surface area contributed by atoms with Crippen LogP contribution in [0.25, 0.3) is 11.6 Å². The molecule has 0 fully saturated rings. The van der Waals surface area contributed by atoms with E-state index in [9.17, 15) is 4.79 Å². The standard InChI is InChI=1S/C16H19N7O2/c1-10(2)8-12(20-16(24)19-11-6-4-3-5-7-11)15-21-14(23-25-15)13-17-9-18-22-13/h3-7,9-10,12H,8H2,1-2H3,(H,17,18,22)(H2,19,20,24)/t12-/m0/s1. The summed E-state index contributed by atoms with van der Waals surface area (Å²) in [5.41, 5.74) is 0.705. The van der Waals surface area contributed by atoms with E-state index in [-0.39, 0.29) is 6.03 Å². The topological polar surface area (TPSA) is 122 Å². The number of nitrogens with one attached hydrogen (secondary N) is 3. The van der Waals surface area contributed by atoms with Crippen LogP contribution in [-0.4, -0.2) is 31.4 Å². The van der Waals surface area contributed by atoms with Crippen molar-refractivity contribution in [2.45, 2.75) is 26.3 Å². The second kappa shape index (κ2) is 7.56. The molecule has 1 atom stereocenters. The largest absolute Gasteiger partial charge is 0.337 e. The van der Waals surface area contributed by atoms with Crippen LogP contribution in [0.4, 0.5) is 10.5 Å². The lowest BCUT2D eigenvalue weighted by atomic mass is 10.0. The van der Waals surface area contributed by atoms with Crippen molar-refractivity contribution in [3.05, 3.63) is 42.5 Å². The summed E-state index contributed by atoms with van der Waals surface area (Å²) in [6.07, 6.45) is 2.02. The van der Waals surface area contributed by atoms with Gasteiger partial charge in [-0.15, -0.1) is 0 Å². The fourth-order valence-corrected chi connectivity index (χ4v) is 2.33. The van der Waals surface area contributed by atoms with Gasteiger partial charge in [0.1, 0.15) is 12.4 Å². The number of para-hydroxylation sites is 1. The Hall–Kier alpha value is -3.23. The summed E-state index contributed by atoms with van der Waals surface area (Å²) in [7, 11) is 0. The number of hydrogen-bond donors (Lipinski definition) is 3. The van der Waals surface area contributed by atoms with E-state index in [0.29, 0.717) is 35.6 Å². The van der Waals surface area contributed by atoms with E-state index in [0.717, 1.165) is 0 Å². The second-order valence-corrected chi connectivity index (χ2v) is 5.94. The molecule has 130 valence electrons. The smallest absolute Gasteiger partial charge is 0.319 e. The lowest BCUT2D eigenvalue weighted by Gasteiger charge is -2.17. The maximum atomic E-state index is 12.3. The number of nitrogens with zero attached hydrogens (tertiary/aromatic N) is 4. The van der Waals surface area contributed by atoms with Gasteiger partial charge in [0, 0.05) is 5.69 Å². The van der Waals surface area contributed by atoms with Gasteiger partial charge >= 0.3 is 6.03 Å². The van der Waals surface area contributed by atoms with Crippen LogP contribution in [0.2, 0.25) is 0 Å². The van der Waals surface area contributed by atoms with Crippen molar-refractivity contribution in [2.75, 3.05) is 5.32 Å². The number of aromatic amines is 1. The summed E-state index contributed by atoms with van der Waals surface area (Å²) in [4.78, 5) is 20.6. The minimum atomic E-state index is -0.409. The molecule has 0 aliphatic carbocycles. The van der Waals surface area contributed by atoms with E-state index < -0.39 is 6.04 Å². The van der Waals surface area contributed by atoms with E-state index in [4.69, 9.17) is 4.52 Å². The van der Waals surface area contributed by atoms with E-state index in [1.165, 1.54) is 6.33 Å². The van der Waals surface area contributed by atoms with Crippen LogP contribution < -0.4 is 10.6 Å². The first-order valence-electron chi connectivity index (χ1n) is 7.93. The molecular formula is C16H19N7O2. The molecule has 0 aliphatic rings. The van der Waals surface area contributed by atoms with Crippen molar-refractivity contribution in [1.29, 1.82) is 0 Å². The van der Waals surface area contributed by atoms with E-state index >= 15 is 0 Å². The number of anilines is 1. The van der Waals surface area contributed by atoms with Gasteiger partial charge in [0.15, 0.2) is 5.82 Å². The number of benzene rings is 1. The maximum absolute atomic E-state index is 12.3. The van der Waals surface area contributed by atoms with Crippen LogP contribution in [0.5, 0.6) is 0 Å². The van der Waals surface area contributed by atoms with Crippen LogP contribution >= 0.6 is 0 Å². The highest BCUT2D eigenvalue weighted by Crippen LogP contribution is 2.22. The van der Waals surface area contributed by atoms with Gasteiger partial charge in [-0.2, -0.15) is 10.1 Å². The molecule has 1 aromatic carbocycles. The first-order chi connectivity index (χ1) is 12.1. The molecule has 0 radical (unpaired) electrons. The average Bonchev–Trinajstić information content (AvgIpc) is 3.26. The lowest BCUT2D eigenvalue weighted by Crippen LogP contribution is -2.33. The lowest BCUT2D eigenvalue weighted by molar-refractivity contribution is 0.240. The van der Waals surface area contributed by atoms with Gasteiger partial charge < -0.3 is 15.2 Å². The molecule has 0 saturated heterocycles. The summed E-state index contributed by atoms with van der Waals surface area (Å²) in [5.74, 6) is 1.35. The Morgan fingerprint density at radius 3 is 2.76 bits per heavy atom. The van der Waals surface area contributed by atoms with Gasteiger partial charge in [0.05, 0.1) is 0 Å². The third-order valence-corrected chi connectivity index (χ3v) is 3.41. The monoisotopic (exact) mass is 341 g/mol. The second-order valence-electron chi connectivity index (χ2n) is 5.94. The van der Waals surface area contributed by atoms with E-state index in [1.807, 2.05) is 30.3 Å². The van der Waals surface area contributed by atoms with Gasteiger partial charge in [-0.1, -0.05) is 37.2 Å². The molecule has 0 spiro atoms. The maximum Gasteiger partial charge on any atom is 0.319 e. The highest BCUT2D eigenvalue weighted by atomic mass is 16.5. The number of rotatable bonds is 6. The van der Waals surface area contributed by atoms with Crippen LogP contribution in [0.3, 0.4) is 0 Å². The Kier molecular flexibility index (Phi) is 5.03. The minimum Gasteiger partial charge on any atom is -0.337 e. The Balaban J connectivity index is 1.72. The first kappa shape index (κ1) is 16.6. The SMILES string of the molecule is CC(C)C[C@H](NC(=O)Nc1ccccc1)c1nc(-c2ncn[nH]2)no1. The quantitative estimate of drug-likeness (QED) is 0.634. The molecule has 3 aromatic rings. The first-order valence-corrected chi connectivity index (χ1v) is 7.93. The van der Waals surface area contributed by atoms with Gasteiger partial charge in [-0.25, -0.2) is 9.78 Å². The number of urea groups is 1. The number of amides is 2. The number of aromatic nitrogens is 5. The highest BCUT2D eigenvalue weighted by molar-refractivity contribution is 5.89. The van der Waals surface area contributed by atoms with Crippen molar-refractivity contribution in [1.82, 2.24) is 30.6 Å². The molecule has 0 aliphatic heterocycles. The molecule has 0 unspecified atom stereocenters. The zero-order chi connectivity index (χ0) is 17.6. The Bertz CT molecular complexity index is 799. The molecule has 3 N–H and O–H groups in total. The third kappa shape index (κ3) is 4.40. The molecule has 25 heavy (non-hydrogen) atoms. The van der Waals surface area contributed by atoms with E-state index in [2.05, 4.69) is 49.8 Å². The summed E-state index contributed by atoms with van der Waals surface area (Å²) in [6.45, 7) is 4.11. The van der Waals surface area contributed by atoms with Gasteiger partial charge in [-0.05, 0) is 24.5 Å². The summed E-state index contributed by atoms with van der Waals surface area (Å²) in [6, 6.07) is 8.46. The third-order valence-electron chi connectivity index (χ3n) is 3.41. The molecule has 0 bridgehead atoms. The van der Waals surface area contributed by atoms with Gasteiger partial charge in [0.2, 0.25) is 11.7 Å². The van der Waals surface area contributed by atoms with Crippen LogP contribution in [0, 0.1) is 5.92 Å². The molecular weight excluding hydrogens is 322 g/mol.